The second-order valence-corrected chi connectivity index (χ2v) is 8.19. The van der Waals surface area contributed by atoms with E-state index in [4.69, 9.17) is 19.4 Å². The first-order chi connectivity index (χ1) is 6.61. The first-order valence-electron chi connectivity index (χ1n) is 3.79. The molecule has 0 saturated carbocycles. The van der Waals surface area contributed by atoms with E-state index in [2.05, 4.69) is 0 Å². The molecular formula is C9H9Cl2NORu. The van der Waals surface area contributed by atoms with Crippen molar-refractivity contribution in [3.8, 4) is 0 Å². The standard InChI is InChI=1S/C9H9NO.2ClH.Ru/c1-8(11)10(2)9-6-4-3-5-7-9;;;/h2-7H,1H3;2*1H;/q;;;+2/p-2. The summed E-state index contributed by atoms with van der Waals surface area (Å²) in [5.41, 5.74) is 0.792. The zero-order chi connectivity index (χ0) is 10.6. The Bertz CT molecular complexity index is 349. The number of benzene rings is 1. The maximum atomic E-state index is 11.3. The summed E-state index contributed by atoms with van der Waals surface area (Å²) in [5, 5.41) is 0. The Morgan fingerprint density at radius 3 is 2.36 bits per heavy atom. The van der Waals surface area contributed by atoms with Crippen LogP contribution in [0.2, 0.25) is 0 Å². The van der Waals surface area contributed by atoms with Gasteiger partial charge in [-0.3, -0.25) is 0 Å². The van der Waals surface area contributed by atoms with E-state index in [0.29, 0.717) is 0 Å². The van der Waals surface area contributed by atoms with Crippen LogP contribution in [0.4, 0.5) is 5.69 Å². The Balaban J connectivity index is 3.01. The van der Waals surface area contributed by atoms with Crippen molar-refractivity contribution < 1.29 is 18.3 Å². The summed E-state index contributed by atoms with van der Waals surface area (Å²) in [7, 11) is 11.5. The Kier molecular flexibility index (Phi) is 4.73. The molecule has 0 aromatic heterocycles. The Hall–Kier alpha value is -0.237. The summed E-state index contributed by atoms with van der Waals surface area (Å²) in [6.45, 7) is 1.48. The van der Waals surface area contributed by atoms with E-state index in [9.17, 15) is 4.79 Å². The fourth-order valence-corrected chi connectivity index (χ4v) is 2.69. The number of nitrogens with zero attached hydrogens (tertiary/aromatic N) is 1. The van der Waals surface area contributed by atoms with Gasteiger partial charge in [0.05, 0.1) is 0 Å². The van der Waals surface area contributed by atoms with E-state index in [0.717, 1.165) is 5.69 Å². The van der Waals surface area contributed by atoms with Gasteiger partial charge in [-0.25, -0.2) is 0 Å². The number of hydrogen-bond donors (Lipinski definition) is 0. The molecule has 0 radical (unpaired) electrons. The van der Waals surface area contributed by atoms with Crippen LogP contribution < -0.4 is 4.90 Å². The topological polar surface area (TPSA) is 20.3 Å². The van der Waals surface area contributed by atoms with E-state index in [1.54, 1.807) is 4.73 Å². The fraction of sp³-hybridized carbons (Fsp3) is 0.111. The van der Waals surface area contributed by atoms with Crippen LogP contribution in [0, 0.1) is 0 Å². The van der Waals surface area contributed by atoms with Gasteiger partial charge in [0, 0.05) is 0 Å². The van der Waals surface area contributed by atoms with Crippen molar-refractivity contribution in [2.24, 2.45) is 0 Å². The fourth-order valence-electron chi connectivity index (χ4n) is 0.956. The molecule has 0 heterocycles. The predicted octanol–water partition coefficient (Wildman–Crippen LogP) is 2.73. The van der Waals surface area contributed by atoms with Gasteiger partial charge in [0.1, 0.15) is 0 Å². The van der Waals surface area contributed by atoms with Gasteiger partial charge >= 0.3 is 96.2 Å². The molecule has 0 aliphatic rings. The molecule has 1 aromatic rings. The maximum absolute atomic E-state index is 11.3. The van der Waals surface area contributed by atoms with Crippen molar-refractivity contribution in [2.75, 3.05) is 4.90 Å². The third kappa shape index (κ3) is 3.49. The van der Waals surface area contributed by atoms with Crippen molar-refractivity contribution in [2.45, 2.75) is 6.92 Å². The molecule has 0 unspecified atom stereocenters. The van der Waals surface area contributed by atoms with Crippen molar-refractivity contribution in [3.05, 3.63) is 30.3 Å². The van der Waals surface area contributed by atoms with E-state index < -0.39 is 13.5 Å². The molecule has 0 aliphatic heterocycles. The number of rotatable bonds is 2. The quantitative estimate of drug-likeness (QED) is 0.768. The van der Waals surface area contributed by atoms with Crippen molar-refractivity contribution in [1.29, 1.82) is 0 Å². The van der Waals surface area contributed by atoms with Crippen molar-refractivity contribution in [3.63, 3.8) is 0 Å². The molecule has 0 bridgehead atoms. The van der Waals surface area contributed by atoms with Crippen LogP contribution in [-0.4, -0.2) is 10.6 Å². The van der Waals surface area contributed by atoms with E-state index in [-0.39, 0.29) is 5.91 Å². The molecule has 0 spiro atoms. The van der Waals surface area contributed by atoms with Gasteiger partial charge in [-0.2, -0.15) is 0 Å². The van der Waals surface area contributed by atoms with Crippen LogP contribution >= 0.6 is 19.4 Å². The van der Waals surface area contributed by atoms with Crippen LogP contribution in [0.1, 0.15) is 6.92 Å². The third-order valence-electron chi connectivity index (χ3n) is 1.53. The number of hydrogen-bond acceptors (Lipinski definition) is 1. The van der Waals surface area contributed by atoms with Crippen LogP contribution in [0.15, 0.2) is 30.3 Å². The molecular weight excluding hydrogens is 310 g/mol. The van der Waals surface area contributed by atoms with E-state index in [1.165, 1.54) is 11.8 Å². The molecule has 0 N–H and O–H groups in total. The van der Waals surface area contributed by atoms with Gasteiger partial charge in [-0.15, -0.1) is 0 Å². The molecule has 14 heavy (non-hydrogen) atoms. The van der Waals surface area contributed by atoms with Gasteiger partial charge in [0.15, 0.2) is 0 Å². The molecule has 5 heteroatoms. The van der Waals surface area contributed by atoms with Crippen LogP contribution in [0.25, 0.3) is 0 Å². The summed E-state index contributed by atoms with van der Waals surface area (Å²) < 4.78 is 1.60. The van der Waals surface area contributed by atoms with Gasteiger partial charge < -0.3 is 0 Å². The third-order valence-corrected chi connectivity index (χ3v) is 3.14. The minimum absolute atomic E-state index is 0.0869. The van der Waals surface area contributed by atoms with Gasteiger partial charge in [-0.05, 0) is 0 Å². The zero-order valence-electron chi connectivity index (χ0n) is 7.43. The summed E-state index contributed by atoms with van der Waals surface area (Å²) in [6.07, 6.45) is 0. The van der Waals surface area contributed by atoms with Crippen molar-refractivity contribution >= 4 is 35.7 Å². The monoisotopic (exact) mass is 319 g/mol. The predicted molar refractivity (Wildman–Crippen MR) is 57.4 cm³/mol. The number of para-hydroxylation sites is 1. The van der Waals surface area contributed by atoms with Crippen LogP contribution in [-0.2, 0) is 18.3 Å². The number of carbonyl (C=O) groups is 1. The minimum atomic E-state index is -1.97. The number of carbonyl (C=O) groups excluding carboxylic acids is 1. The molecule has 1 aromatic carbocycles. The van der Waals surface area contributed by atoms with Gasteiger partial charge in [-0.1, -0.05) is 0 Å². The number of amides is 1. The first-order valence-corrected chi connectivity index (χ1v) is 9.27. The van der Waals surface area contributed by atoms with E-state index in [1.807, 2.05) is 30.3 Å². The van der Waals surface area contributed by atoms with Crippen LogP contribution in [0.5, 0.6) is 0 Å². The molecule has 0 saturated heterocycles. The van der Waals surface area contributed by atoms with Gasteiger partial charge in [0.25, 0.3) is 0 Å². The summed E-state index contributed by atoms with van der Waals surface area (Å²) >= 11 is -1.97. The van der Waals surface area contributed by atoms with E-state index >= 15 is 0 Å². The SMILES string of the molecule is CC(=O)N([CH]=[Ru]([Cl])[Cl])c1ccccc1. The molecule has 0 aliphatic carbocycles. The molecule has 0 atom stereocenters. The Morgan fingerprint density at radius 1 is 1.36 bits per heavy atom. The Morgan fingerprint density at radius 2 is 1.93 bits per heavy atom. The molecule has 0 fully saturated rings. The second kappa shape index (κ2) is 5.60. The normalized spacial score (nSPS) is 10.6. The Labute approximate surface area is 95.9 Å². The average molecular weight is 319 g/mol. The summed E-state index contributed by atoms with van der Waals surface area (Å²) in [4.78, 5) is 12.8. The second-order valence-electron chi connectivity index (χ2n) is 2.52. The number of halogens is 2. The zero-order valence-corrected chi connectivity index (χ0v) is 10.7. The molecule has 2 nitrogen and oxygen atoms in total. The van der Waals surface area contributed by atoms with Crippen molar-refractivity contribution in [1.82, 2.24) is 0 Å². The van der Waals surface area contributed by atoms with Gasteiger partial charge in [0.2, 0.25) is 0 Å². The summed E-state index contributed by atoms with van der Waals surface area (Å²) in [6, 6.07) is 9.28. The average Bonchev–Trinajstić information content (AvgIpc) is 2.15. The molecule has 1 amide bonds. The number of anilines is 1. The summed E-state index contributed by atoms with van der Waals surface area (Å²) in [5.74, 6) is -0.0869. The first kappa shape index (κ1) is 11.8. The van der Waals surface area contributed by atoms with Crippen LogP contribution in [0.3, 0.4) is 0 Å². The molecule has 78 valence electrons. The molecule has 1 rings (SSSR count).